The van der Waals surface area contributed by atoms with Crippen molar-refractivity contribution in [3.63, 3.8) is 0 Å². The molecule has 3 rings (SSSR count). The lowest BCUT2D eigenvalue weighted by molar-refractivity contribution is -0.142. The van der Waals surface area contributed by atoms with Crippen LogP contribution < -0.4 is 0 Å². The second kappa shape index (κ2) is 7.13. The Balaban J connectivity index is 1.66. The number of hydrogen-bond acceptors (Lipinski definition) is 3. The number of hydrogen-bond donors (Lipinski definition) is 1. The van der Waals surface area contributed by atoms with Crippen molar-refractivity contribution in [1.82, 2.24) is 9.80 Å². The number of carbonyl (C=O) groups is 2. The maximum atomic E-state index is 12.9. The van der Waals surface area contributed by atoms with E-state index in [2.05, 4.69) is 17.0 Å². The van der Waals surface area contributed by atoms with Crippen LogP contribution in [0.15, 0.2) is 30.3 Å². The summed E-state index contributed by atoms with van der Waals surface area (Å²) in [5.41, 5.74) is 1.22. The minimum absolute atomic E-state index is 0.100. The van der Waals surface area contributed by atoms with Crippen LogP contribution in [0.25, 0.3) is 0 Å². The zero-order valence-corrected chi connectivity index (χ0v) is 13.4. The van der Waals surface area contributed by atoms with E-state index in [9.17, 15) is 9.59 Å². The van der Waals surface area contributed by atoms with Crippen molar-refractivity contribution in [2.75, 3.05) is 19.6 Å². The van der Waals surface area contributed by atoms with E-state index in [-0.39, 0.29) is 11.9 Å². The zero-order valence-electron chi connectivity index (χ0n) is 13.4. The summed E-state index contributed by atoms with van der Waals surface area (Å²) in [6.45, 7) is 2.66. The Labute approximate surface area is 136 Å². The maximum Gasteiger partial charge on any atom is 0.308 e. The van der Waals surface area contributed by atoms with Crippen LogP contribution in [0.1, 0.15) is 31.2 Å². The molecule has 0 unspecified atom stereocenters. The quantitative estimate of drug-likeness (QED) is 0.922. The van der Waals surface area contributed by atoms with Gasteiger partial charge in [0.15, 0.2) is 0 Å². The molecule has 2 atom stereocenters. The Morgan fingerprint density at radius 2 is 1.87 bits per heavy atom. The van der Waals surface area contributed by atoms with E-state index in [1.807, 2.05) is 18.2 Å². The summed E-state index contributed by atoms with van der Waals surface area (Å²) in [5, 5.41) is 9.12. The minimum Gasteiger partial charge on any atom is -0.481 e. The fourth-order valence-electron chi connectivity index (χ4n) is 3.65. The number of rotatable bonds is 4. The summed E-state index contributed by atoms with van der Waals surface area (Å²) >= 11 is 0. The molecule has 5 nitrogen and oxygen atoms in total. The third-order valence-corrected chi connectivity index (χ3v) is 4.98. The molecule has 1 N–H and O–H groups in total. The van der Waals surface area contributed by atoms with Gasteiger partial charge in [-0.25, -0.2) is 0 Å². The lowest BCUT2D eigenvalue weighted by Crippen LogP contribution is -2.50. The molecule has 1 amide bonds. The average Bonchev–Trinajstić information content (AvgIpc) is 3.06. The Morgan fingerprint density at radius 3 is 2.57 bits per heavy atom. The smallest absolute Gasteiger partial charge is 0.308 e. The first kappa shape index (κ1) is 16.0. The molecule has 2 aliphatic heterocycles. The van der Waals surface area contributed by atoms with Crippen LogP contribution in [0.4, 0.5) is 0 Å². The van der Waals surface area contributed by atoms with Gasteiger partial charge < -0.3 is 10.0 Å². The molecule has 2 saturated heterocycles. The molecule has 0 bridgehead atoms. The second-order valence-electron chi connectivity index (χ2n) is 6.58. The molecular weight excluding hydrogens is 292 g/mol. The predicted molar refractivity (Wildman–Crippen MR) is 86.8 cm³/mol. The van der Waals surface area contributed by atoms with Gasteiger partial charge >= 0.3 is 5.97 Å². The number of aliphatic carboxylic acids is 1. The van der Waals surface area contributed by atoms with E-state index in [0.29, 0.717) is 19.5 Å². The van der Waals surface area contributed by atoms with Crippen LogP contribution in [-0.2, 0) is 16.1 Å². The zero-order chi connectivity index (χ0) is 16.2. The first-order valence-electron chi connectivity index (χ1n) is 8.44. The van der Waals surface area contributed by atoms with Crippen molar-refractivity contribution in [2.45, 2.75) is 38.3 Å². The number of nitrogens with zero attached hydrogens (tertiary/aromatic N) is 2. The van der Waals surface area contributed by atoms with Crippen LogP contribution in [0.2, 0.25) is 0 Å². The van der Waals surface area contributed by atoms with Crippen molar-refractivity contribution < 1.29 is 14.7 Å². The third-order valence-electron chi connectivity index (χ3n) is 4.98. The highest BCUT2D eigenvalue weighted by atomic mass is 16.4. The molecule has 1 aromatic rings. The van der Waals surface area contributed by atoms with Gasteiger partial charge in [-0.15, -0.1) is 0 Å². The molecule has 0 saturated carbocycles. The van der Waals surface area contributed by atoms with Crippen LogP contribution in [0.3, 0.4) is 0 Å². The van der Waals surface area contributed by atoms with Gasteiger partial charge in [-0.05, 0) is 31.4 Å². The first-order valence-corrected chi connectivity index (χ1v) is 8.44. The molecule has 124 valence electrons. The lowest BCUT2D eigenvalue weighted by atomic mass is 10.00. The van der Waals surface area contributed by atoms with Crippen LogP contribution in [0.5, 0.6) is 0 Å². The van der Waals surface area contributed by atoms with Gasteiger partial charge in [-0.3, -0.25) is 14.5 Å². The van der Waals surface area contributed by atoms with Crippen molar-refractivity contribution in [3.05, 3.63) is 35.9 Å². The summed E-state index contributed by atoms with van der Waals surface area (Å²) in [6.07, 6.45) is 3.64. The molecule has 0 radical (unpaired) electrons. The highest BCUT2D eigenvalue weighted by Crippen LogP contribution is 2.24. The number of likely N-dealkylation sites (tertiary alicyclic amines) is 2. The highest BCUT2D eigenvalue weighted by molar-refractivity contribution is 5.83. The van der Waals surface area contributed by atoms with Crippen LogP contribution >= 0.6 is 0 Å². The number of amides is 1. The topological polar surface area (TPSA) is 60.9 Å². The molecule has 5 heteroatoms. The summed E-state index contributed by atoms with van der Waals surface area (Å²) in [6, 6.07) is 10.1. The standard InChI is InChI=1S/C18H24N2O3/c21-17(20-11-9-15(13-20)18(22)23)16-8-4-5-10-19(16)12-14-6-2-1-3-7-14/h1-3,6-7,15-16H,4-5,8-13H2,(H,22,23)/t15-,16+/m1/s1. The molecule has 0 spiro atoms. The summed E-state index contributed by atoms with van der Waals surface area (Å²) in [7, 11) is 0. The summed E-state index contributed by atoms with van der Waals surface area (Å²) in [5.74, 6) is -1.07. The SMILES string of the molecule is O=C(O)[C@@H]1CCN(C(=O)[C@@H]2CCCCN2Cc2ccccc2)C1. The van der Waals surface area contributed by atoms with Gasteiger partial charge in [-0.1, -0.05) is 36.8 Å². The fourth-order valence-corrected chi connectivity index (χ4v) is 3.65. The Morgan fingerprint density at radius 1 is 1.09 bits per heavy atom. The number of carboxylic acids is 1. The molecule has 2 aliphatic rings. The van der Waals surface area contributed by atoms with Gasteiger partial charge in [-0.2, -0.15) is 0 Å². The van der Waals surface area contributed by atoms with Crippen molar-refractivity contribution in [3.8, 4) is 0 Å². The molecule has 0 aromatic heterocycles. The van der Waals surface area contributed by atoms with E-state index >= 15 is 0 Å². The van der Waals surface area contributed by atoms with E-state index in [1.54, 1.807) is 4.90 Å². The molecular formula is C18H24N2O3. The van der Waals surface area contributed by atoms with Gasteiger partial charge in [0.1, 0.15) is 0 Å². The van der Waals surface area contributed by atoms with Gasteiger partial charge in [0.25, 0.3) is 0 Å². The predicted octanol–water partition coefficient (Wildman–Crippen LogP) is 1.97. The minimum atomic E-state index is -0.787. The number of benzene rings is 1. The summed E-state index contributed by atoms with van der Waals surface area (Å²) in [4.78, 5) is 28.0. The first-order chi connectivity index (χ1) is 11.1. The number of carboxylic acid groups (broad SMARTS) is 1. The van der Waals surface area contributed by atoms with Crippen molar-refractivity contribution in [1.29, 1.82) is 0 Å². The maximum absolute atomic E-state index is 12.9. The second-order valence-corrected chi connectivity index (χ2v) is 6.58. The Kier molecular flexibility index (Phi) is 4.96. The summed E-state index contributed by atoms with van der Waals surface area (Å²) < 4.78 is 0. The molecule has 2 fully saturated rings. The highest BCUT2D eigenvalue weighted by Gasteiger charge is 2.37. The van der Waals surface area contributed by atoms with Crippen molar-refractivity contribution >= 4 is 11.9 Å². The molecule has 2 heterocycles. The molecule has 0 aliphatic carbocycles. The van der Waals surface area contributed by atoms with Gasteiger partial charge in [0, 0.05) is 19.6 Å². The van der Waals surface area contributed by atoms with Crippen LogP contribution in [0, 0.1) is 5.92 Å². The monoisotopic (exact) mass is 316 g/mol. The van der Waals surface area contributed by atoms with E-state index < -0.39 is 11.9 Å². The van der Waals surface area contributed by atoms with E-state index in [4.69, 9.17) is 5.11 Å². The number of piperidine rings is 1. The molecule has 23 heavy (non-hydrogen) atoms. The lowest BCUT2D eigenvalue weighted by Gasteiger charge is -2.36. The largest absolute Gasteiger partial charge is 0.481 e. The van der Waals surface area contributed by atoms with Crippen LogP contribution in [-0.4, -0.2) is 52.5 Å². The normalized spacial score (nSPS) is 25.5. The van der Waals surface area contributed by atoms with Gasteiger partial charge in [0.2, 0.25) is 5.91 Å². The van der Waals surface area contributed by atoms with E-state index in [0.717, 1.165) is 32.4 Å². The van der Waals surface area contributed by atoms with E-state index in [1.165, 1.54) is 5.56 Å². The average molecular weight is 316 g/mol. The van der Waals surface area contributed by atoms with Crippen molar-refractivity contribution in [2.24, 2.45) is 5.92 Å². The van der Waals surface area contributed by atoms with Gasteiger partial charge in [0.05, 0.1) is 12.0 Å². The molecule has 1 aromatic carbocycles. The number of carbonyl (C=O) groups excluding carboxylic acids is 1. The third kappa shape index (κ3) is 3.72. The Bertz CT molecular complexity index is 561. The fraction of sp³-hybridized carbons (Fsp3) is 0.556. The Hall–Kier alpha value is -1.88.